The van der Waals surface area contributed by atoms with Gasteiger partial charge in [-0.15, -0.1) is 0 Å². The zero-order chi connectivity index (χ0) is 23.5. The highest BCUT2D eigenvalue weighted by atomic mass is 16.4. The summed E-state index contributed by atoms with van der Waals surface area (Å²) in [6, 6.07) is 7.46. The van der Waals surface area contributed by atoms with E-state index in [0.29, 0.717) is 19.4 Å². The van der Waals surface area contributed by atoms with Gasteiger partial charge in [0.15, 0.2) is 5.96 Å². The average Bonchev–Trinajstić information content (AvgIpc) is 3.25. The number of hydrogen-bond donors (Lipinski definition) is 5. The van der Waals surface area contributed by atoms with Crippen molar-refractivity contribution in [2.24, 2.45) is 16.5 Å². The van der Waals surface area contributed by atoms with Crippen LogP contribution in [-0.4, -0.2) is 64.8 Å². The number of amides is 3. The fourth-order valence-electron chi connectivity index (χ4n) is 3.47. The Morgan fingerprint density at radius 3 is 2.53 bits per heavy atom. The van der Waals surface area contributed by atoms with Crippen molar-refractivity contribution in [3.63, 3.8) is 0 Å². The Morgan fingerprint density at radius 1 is 1.16 bits per heavy atom. The maximum absolute atomic E-state index is 12.9. The first-order valence-corrected chi connectivity index (χ1v) is 10.5. The number of rotatable bonds is 11. The number of nitrogens with two attached hydrogens (primary N) is 2. The molecule has 32 heavy (non-hydrogen) atoms. The van der Waals surface area contributed by atoms with Gasteiger partial charge in [-0.25, -0.2) is 0 Å². The highest BCUT2D eigenvalue weighted by Gasteiger charge is 2.35. The number of carbonyl (C=O) groups excluding carboxylic acids is 3. The summed E-state index contributed by atoms with van der Waals surface area (Å²) >= 11 is 0. The number of carboxylic acid groups (broad SMARTS) is 1. The molecule has 3 amide bonds. The van der Waals surface area contributed by atoms with Gasteiger partial charge in [-0.05, 0) is 24.8 Å². The number of benzene rings is 1. The molecule has 1 saturated heterocycles. The normalized spacial score (nSPS) is 16.1. The summed E-state index contributed by atoms with van der Waals surface area (Å²) in [4.78, 5) is 54.3. The lowest BCUT2D eigenvalue weighted by Gasteiger charge is -2.26. The van der Waals surface area contributed by atoms with Gasteiger partial charge < -0.3 is 32.1 Å². The number of nitrogens with one attached hydrogen (secondary N) is 2. The second kappa shape index (κ2) is 12.3. The summed E-state index contributed by atoms with van der Waals surface area (Å²) in [5.74, 6) is -2.41. The molecule has 7 N–H and O–H groups in total. The third-order valence-electron chi connectivity index (χ3n) is 5.09. The molecule has 1 fully saturated rings. The Morgan fingerprint density at radius 2 is 1.88 bits per heavy atom. The zero-order valence-corrected chi connectivity index (χ0v) is 17.8. The van der Waals surface area contributed by atoms with Gasteiger partial charge in [-0.2, -0.15) is 0 Å². The molecule has 0 radical (unpaired) electrons. The van der Waals surface area contributed by atoms with Crippen LogP contribution in [0.2, 0.25) is 0 Å². The van der Waals surface area contributed by atoms with E-state index in [1.54, 1.807) is 0 Å². The molecule has 1 aromatic rings. The minimum absolute atomic E-state index is 0.0572. The van der Waals surface area contributed by atoms with Gasteiger partial charge in [0.05, 0.1) is 6.54 Å². The number of nitrogens with zero attached hydrogens (tertiary/aromatic N) is 2. The van der Waals surface area contributed by atoms with E-state index in [2.05, 4.69) is 15.6 Å². The highest BCUT2D eigenvalue weighted by molar-refractivity contribution is 5.92. The Hall–Kier alpha value is -3.63. The fourth-order valence-corrected chi connectivity index (χ4v) is 3.47. The van der Waals surface area contributed by atoms with Gasteiger partial charge in [0.25, 0.3) is 0 Å². The number of likely N-dealkylation sites (tertiary alicyclic amines) is 1. The number of guanidine groups is 1. The lowest BCUT2D eigenvalue weighted by molar-refractivity contribution is -0.140. The molecule has 0 unspecified atom stereocenters. The maximum atomic E-state index is 12.9. The van der Waals surface area contributed by atoms with Gasteiger partial charge in [0.1, 0.15) is 12.1 Å². The Balaban J connectivity index is 1.99. The topological polar surface area (TPSA) is 180 Å². The van der Waals surface area contributed by atoms with E-state index in [1.807, 2.05) is 30.3 Å². The van der Waals surface area contributed by atoms with Gasteiger partial charge in [0, 0.05) is 25.9 Å². The number of hydrogen-bond acceptors (Lipinski definition) is 5. The van der Waals surface area contributed by atoms with Crippen molar-refractivity contribution >= 4 is 29.7 Å². The number of carbonyl (C=O) groups is 4. The summed E-state index contributed by atoms with van der Waals surface area (Å²) in [6.07, 6.45) is 0.813. The Labute approximate surface area is 186 Å². The fraction of sp³-hybridized carbons (Fsp3) is 0.476. The molecular weight excluding hydrogens is 416 g/mol. The molecule has 0 aliphatic carbocycles. The monoisotopic (exact) mass is 446 g/mol. The third kappa shape index (κ3) is 7.89. The van der Waals surface area contributed by atoms with Crippen LogP contribution in [0.1, 0.15) is 37.7 Å². The van der Waals surface area contributed by atoms with Crippen LogP contribution in [0.4, 0.5) is 0 Å². The average molecular weight is 447 g/mol. The molecule has 2 atom stereocenters. The molecule has 0 aromatic heterocycles. The summed E-state index contributed by atoms with van der Waals surface area (Å²) in [6.45, 7) is 0.784. The predicted molar refractivity (Wildman–Crippen MR) is 117 cm³/mol. The van der Waals surface area contributed by atoms with Crippen LogP contribution in [-0.2, 0) is 25.7 Å². The van der Waals surface area contributed by atoms with E-state index in [4.69, 9.17) is 16.6 Å². The van der Waals surface area contributed by atoms with Crippen molar-refractivity contribution in [3.8, 4) is 0 Å². The molecular formula is C21H30N6O5. The first-order valence-electron chi connectivity index (χ1n) is 10.5. The van der Waals surface area contributed by atoms with Crippen LogP contribution < -0.4 is 22.1 Å². The largest absolute Gasteiger partial charge is 0.481 e. The van der Waals surface area contributed by atoms with E-state index in [9.17, 15) is 19.2 Å². The lowest BCUT2D eigenvalue weighted by Crippen LogP contribution is -2.53. The van der Waals surface area contributed by atoms with Crippen molar-refractivity contribution < 1.29 is 24.3 Å². The van der Waals surface area contributed by atoms with Crippen molar-refractivity contribution in [2.75, 3.05) is 13.1 Å². The predicted octanol–water partition coefficient (Wildman–Crippen LogP) is -0.693. The molecule has 174 valence electrons. The van der Waals surface area contributed by atoms with Gasteiger partial charge in [0.2, 0.25) is 17.7 Å². The van der Waals surface area contributed by atoms with Crippen molar-refractivity contribution in [3.05, 3.63) is 35.9 Å². The second-order valence-electron chi connectivity index (χ2n) is 7.50. The Kier molecular flexibility index (Phi) is 9.45. The molecule has 1 aromatic carbocycles. The van der Waals surface area contributed by atoms with Crippen molar-refractivity contribution in [1.82, 2.24) is 15.5 Å². The first-order chi connectivity index (χ1) is 15.3. The summed E-state index contributed by atoms with van der Waals surface area (Å²) in [7, 11) is 0. The molecule has 0 saturated carbocycles. The molecule has 0 spiro atoms. The van der Waals surface area contributed by atoms with E-state index in [0.717, 1.165) is 5.56 Å². The van der Waals surface area contributed by atoms with Crippen LogP contribution in [0.3, 0.4) is 0 Å². The summed E-state index contributed by atoms with van der Waals surface area (Å²) in [5, 5.41) is 14.4. The number of aliphatic imine (C=N–C) groups is 1. The smallest absolute Gasteiger partial charge is 0.303 e. The van der Waals surface area contributed by atoms with Crippen LogP contribution in [0, 0.1) is 0 Å². The quantitative estimate of drug-likeness (QED) is 0.220. The van der Waals surface area contributed by atoms with Gasteiger partial charge >= 0.3 is 5.97 Å². The molecule has 2 rings (SSSR count). The highest BCUT2D eigenvalue weighted by Crippen LogP contribution is 2.19. The minimum Gasteiger partial charge on any atom is -0.481 e. The van der Waals surface area contributed by atoms with E-state index >= 15 is 0 Å². The molecule has 11 nitrogen and oxygen atoms in total. The molecule has 0 bridgehead atoms. The molecule has 1 aliphatic heterocycles. The standard InChI is InChI=1S/C21H30N6O5/c22-21(23)24-11-10-17(28)27-12-4-7-16(27)20(32)26-15(8-9-18(29)30)19(31)25-13-14-5-2-1-3-6-14/h1-3,5-6,15-16H,4,7-13H2,(H,25,31)(H,26,32)(H,29,30)(H4,22,23,24)/t15-,16+/m0/s1. The molecule has 1 heterocycles. The van der Waals surface area contributed by atoms with Crippen LogP contribution in [0.5, 0.6) is 0 Å². The van der Waals surface area contributed by atoms with Gasteiger partial charge in [-0.3, -0.25) is 24.2 Å². The molecule has 1 aliphatic rings. The zero-order valence-electron chi connectivity index (χ0n) is 17.8. The first kappa shape index (κ1) is 24.6. The SMILES string of the molecule is NC(N)=NCCC(=O)N1CCC[C@@H]1C(=O)N[C@@H](CCC(=O)O)C(=O)NCc1ccccc1. The van der Waals surface area contributed by atoms with Crippen LogP contribution in [0.25, 0.3) is 0 Å². The summed E-state index contributed by atoms with van der Waals surface area (Å²) in [5.41, 5.74) is 11.4. The third-order valence-corrected chi connectivity index (χ3v) is 5.09. The minimum atomic E-state index is -1.07. The van der Waals surface area contributed by atoms with Crippen LogP contribution >= 0.6 is 0 Å². The van der Waals surface area contributed by atoms with Crippen LogP contribution in [0.15, 0.2) is 35.3 Å². The van der Waals surface area contributed by atoms with E-state index in [-0.39, 0.29) is 44.2 Å². The van der Waals surface area contributed by atoms with Crippen molar-refractivity contribution in [2.45, 2.75) is 50.7 Å². The van der Waals surface area contributed by atoms with E-state index in [1.165, 1.54) is 4.90 Å². The summed E-state index contributed by atoms with van der Waals surface area (Å²) < 4.78 is 0. The van der Waals surface area contributed by atoms with Gasteiger partial charge in [-0.1, -0.05) is 30.3 Å². The second-order valence-corrected chi connectivity index (χ2v) is 7.50. The maximum Gasteiger partial charge on any atom is 0.303 e. The molecule has 11 heteroatoms. The lowest BCUT2D eigenvalue weighted by atomic mass is 10.1. The number of carboxylic acids is 1. The van der Waals surface area contributed by atoms with Crippen molar-refractivity contribution in [1.29, 1.82) is 0 Å². The Bertz CT molecular complexity index is 840. The van der Waals surface area contributed by atoms with E-state index < -0.39 is 29.9 Å². The number of aliphatic carboxylic acids is 1.